The quantitative estimate of drug-likeness (QED) is 0.739. The van der Waals surface area contributed by atoms with Gasteiger partial charge in [0.05, 0.1) is 19.1 Å². The number of carbonyl (C=O) groups excluding carboxylic acids is 1. The number of nitrogens with one attached hydrogen (secondary N) is 1. The van der Waals surface area contributed by atoms with Crippen LogP contribution in [0, 0.1) is 5.92 Å². The molecule has 3 unspecified atom stereocenters. The second kappa shape index (κ2) is 6.50. The van der Waals surface area contributed by atoms with E-state index in [0.717, 1.165) is 52.1 Å². The molecule has 0 saturated carbocycles. The van der Waals surface area contributed by atoms with Crippen molar-refractivity contribution in [2.24, 2.45) is 11.7 Å². The first-order chi connectivity index (χ1) is 8.66. The number of ether oxygens (including phenoxy) is 1. The molecule has 0 radical (unpaired) electrons. The van der Waals surface area contributed by atoms with E-state index in [4.69, 9.17) is 10.5 Å². The van der Waals surface area contributed by atoms with Crippen LogP contribution in [0.2, 0.25) is 0 Å². The van der Waals surface area contributed by atoms with Gasteiger partial charge in [-0.3, -0.25) is 9.69 Å². The van der Waals surface area contributed by atoms with Crippen molar-refractivity contribution in [3.63, 3.8) is 0 Å². The number of hydrogen-bond acceptors (Lipinski definition) is 4. The molecule has 2 saturated heterocycles. The van der Waals surface area contributed by atoms with E-state index in [2.05, 4.69) is 17.1 Å². The molecule has 2 rings (SSSR count). The highest BCUT2D eigenvalue weighted by atomic mass is 16.5. The summed E-state index contributed by atoms with van der Waals surface area (Å²) in [6.07, 6.45) is 3.10. The molecule has 0 aromatic heterocycles. The molecule has 0 spiro atoms. The second-order valence-corrected chi connectivity index (χ2v) is 5.55. The maximum absolute atomic E-state index is 11.3. The lowest BCUT2D eigenvalue weighted by atomic mass is 9.95. The molecule has 5 nitrogen and oxygen atoms in total. The van der Waals surface area contributed by atoms with Crippen molar-refractivity contribution in [1.29, 1.82) is 0 Å². The number of hydrogen-bond donors (Lipinski definition) is 2. The van der Waals surface area contributed by atoms with Crippen molar-refractivity contribution in [1.82, 2.24) is 10.2 Å². The molecular formula is C13H25N3O2. The molecule has 2 aliphatic heterocycles. The molecule has 2 aliphatic rings. The number of piperidine rings is 1. The average Bonchev–Trinajstić information content (AvgIpc) is 2.40. The highest BCUT2D eigenvalue weighted by Gasteiger charge is 2.28. The summed E-state index contributed by atoms with van der Waals surface area (Å²) in [6, 6.07) is 0.925. The van der Waals surface area contributed by atoms with Crippen molar-refractivity contribution in [2.75, 3.05) is 32.8 Å². The number of likely N-dealkylation sites (tertiary alicyclic amines) is 1. The summed E-state index contributed by atoms with van der Waals surface area (Å²) in [5.74, 6) is -0.109. The number of nitrogens with zero attached hydrogens (tertiary/aromatic N) is 1. The Hall–Kier alpha value is -0.650. The lowest BCUT2D eigenvalue weighted by Gasteiger charge is -2.37. The first-order valence-corrected chi connectivity index (χ1v) is 7.01. The number of rotatable bonds is 4. The SMILES string of the molecule is CC(CC1COCCN1)N1CCCC(C(N)=O)C1. The molecule has 5 heteroatoms. The van der Waals surface area contributed by atoms with Gasteiger partial charge in [-0.1, -0.05) is 0 Å². The van der Waals surface area contributed by atoms with Gasteiger partial charge in [-0.2, -0.15) is 0 Å². The molecule has 2 fully saturated rings. The number of nitrogens with two attached hydrogens (primary N) is 1. The van der Waals surface area contributed by atoms with Gasteiger partial charge < -0.3 is 15.8 Å². The van der Waals surface area contributed by atoms with E-state index in [1.807, 2.05) is 0 Å². The Balaban J connectivity index is 1.80. The van der Waals surface area contributed by atoms with Crippen molar-refractivity contribution < 1.29 is 9.53 Å². The number of morpholine rings is 1. The zero-order valence-electron chi connectivity index (χ0n) is 11.2. The summed E-state index contributed by atoms with van der Waals surface area (Å²) >= 11 is 0. The van der Waals surface area contributed by atoms with Crippen LogP contribution in [-0.4, -0.2) is 55.7 Å². The van der Waals surface area contributed by atoms with Crippen LogP contribution in [0.3, 0.4) is 0 Å². The zero-order chi connectivity index (χ0) is 13.0. The van der Waals surface area contributed by atoms with E-state index >= 15 is 0 Å². The Kier molecular flexibility index (Phi) is 4.97. The lowest BCUT2D eigenvalue weighted by Crippen LogP contribution is -2.49. The first-order valence-electron chi connectivity index (χ1n) is 7.01. The van der Waals surface area contributed by atoms with Crippen LogP contribution in [0.25, 0.3) is 0 Å². The van der Waals surface area contributed by atoms with E-state index in [1.54, 1.807) is 0 Å². The van der Waals surface area contributed by atoms with Crippen LogP contribution >= 0.6 is 0 Å². The standard InChI is InChI=1S/C13H25N3O2/c1-10(7-12-9-18-6-4-15-12)16-5-2-3-11(8-16)13(14)17/h10-12,15H,2-9H2,1H3,(H2,14,17). The molecule has 3 N–H and O–H groups in total. The molecule has 0 aromatic carbocycles. The monoisotopic (exact) mass is 255 g/mol. The predicted molar refractivity (Wildman–Crippen MR) is 70.2 cm³/mol. The molecule has 104 valence electrons. The van der Waals surface area contributed by atoms with Crippen molar-refractivity contribution in [3.8, 4) is 0 Å². The molecule has 3 atom stereocenters. The molecule has 0 bridgehead atoms. The van der Waals surface area contributed by atoms with Gasteiger partial charge in [0.25, 0.3) is 0 Å². The highest BCUT2D eigenvalue weighted by Crippen LogP contribution is 2.20. The van der Waals surface area contributed by atoms with Crippen LogP contribution in [0.5, 0.6) is 0 Å². The zero-order valence-corrected chi connectivity index (χ0v) is 11.2. The third-order valence-electron chi connectivity index (χ3n) is 4.10. The fraction of sp³-hybridized carbons (Fsp3) is 0.923. The van der Waals surface area contributed by atoms with Gasteiger partial charge in [0.15, 0.2) is 0 Å². The van der Waals surface area contributed by atoms with Gasteiger partial charge >= 0.3 is 0 Å². The maximum Gasteiger partial charge on any atom is 0.221 e. The Morgan fingerprint density at radius 1 is 1.61 bits per heavy atom. The lowest BCUT2D eigenvalue weighted by molar-refractivity contribution is -0.123. The summed E-state index contributed by atoms with van der Waals surface area (Å²) in [5.41, 5.74) is 5.42. The third-order valence-corrected chi connectivity index (χ3v) is 4.10. The Labute approximate surface area is 109 Å². The minimum Gasteiger partial charge on any atom is -0.379 e. The summed E-state index contributed by atoms with van der Waals surface area (Å²) in [5, 5.41) is 3.48. The van der Waals surface area contributed by atoms with E-state index in [1.165, 1.54) is 0 Å². The van der Waals surface area contributed by atoms with E-state index in [0.29, 0.717) is 12.1 Å². The van der Waals surface area contributed by atoms with Gasteiger partial charge in [0.1, 0.15) is 0 Å². The normalized spacial score (nSPS) is 32.1. The number of carbonyl (C=O) groups is 1. The molecule has 0 aromatic rings. The van der Waals surface area contributed by atoms with Gasteiger partial charge in [0.2, 0.25) is 5.91 Å². The summed E-state index contributed by atoms with van der Waals surface area (Å²) in [4.78, 5) is 13.7. The van der Waals surface area contributed by atoms with Crippen LogP contribution < -0.4 is 11.1 Å². The van der Waals surface area contributed by atoms with E-state index in [-0.39, 0.29) is 11.8 Å². The molecule has 1 amide bonds. The fourth-order valence-corrected chi connectivity index (χ4v) is 2.97. The second-order valence-electron chi connectivity index (χ2n) is 5.55. The van der Waals surface area contributed by atoms with E-state index < -0.39 is 0 Å². The fourth-order valence-electron chi connectivity index (χ4n) is 2.97. The summed E-state index contributed by atoms with van der Waals surface area (Å²) < 4.78 is 5.47. The topological polar surface area (TPSA) is 67.6 Å². The Morgan fingerprint density at radius 3 is 3.11 bits per heavy atom. The third kappa shape index (κ3) is 3.67. The van der Waals surface area contributed by atoms with Crippen molar-refractivity contribution in [2.45, 2.75) is 38.3 Å². The van der Waals surface area contributed by atoms with Crippen LogP contribution in [0.1, 0.15) is 26.2 Å². The Bertz CT molecular complexity index is 279. The average molecular weight is 255 g/mol. The van der Waals surface area contributed by atoms with Crippen LogP contribution in [-0.2, 0) is 9.53 Å². The van der Waals surface area contributed by atoms with Crippen molar-refractivity contribution in [3.05, 3.63) is 0 Å². The molecule has 0 aliphatic carbocycles. The Morgan fingerprint density at radius 2 is 2.44 bits per heavy atom. The number of amides is 1. The summed E-state index contributed by atoms with van der Waals surface area (Å²) in [7, 11) is 0. The smallest absolute Gasteiger partial charge is 0.221 e. The predicted octanol–water partition coefficient (Wildman–Crippen LogP) is -0.0493. The molecule has 2 heterocycles. The first kappa shape index (κ1) is 13.8. The van der Waals surface area contributed by atoms with E-state index in [9.17, 15) is 4.79 Å². The van der Waals surface area contributed by atoms with Gasteiger partial charge in [0, 0.05) is 25.2 Å². The van der Waals surface area contributed by atoms with Crippen molar-refractivity contribution >= 4 is 5.91 Å². The summed E-state index contributed by atoms with van der Waals surface area (Å²) in [6.45, 7) is 6.71. The van der Waals surface area contributed by atoms with Crippen LogP contribution in [0.15, 0.2) is 0 Å². The minimum atomic E-state index is -0.147. The maximum atomic E-state index is 11.3. The van der Waals surface area contributed by atoms with Gasteiger partial charge in [-0.15, -0.1) is 0 Å². The number of primary amides is 1. The molecular weight excluding hydrogens is 230 g/mol. The largest absolute Gasteiger partial charge is 0.379 e. The highest BCUT2D eigenvalue weighted by molar-refractivity contribution is 5.76. The van der Waals surface area contributed by atoms with Gasteiger partial charge in [-0.25, -0.2) is 0 Å². The molecule has 18 heavy (non-hydrogen) atoms. The minimum absolute atomic E-state index is 0.0387. The van der Waals surface area contributed by atoms with Gasteiger partial charge in [-0.05, 0) is 32.7 Å². The van der Waals surface area contributed by atoms with Crippen LogP contribution in [0.4, 0.5) is 0 Å².